The summed E-state index contributed by atoms with van der Waals surface area (Å²) < 4.78 is 0. The Hall–Kier alpha value is -1.87. The number of nitrogens with one attached hydrogen (secondary N) is 2. The van der Waals surface area contributed by atoms with E-state index in [1.54, 1.807) is 0 Å². The highest BCUT2D eigenvalue weighted by Gasteiger charge is 2.36. The smallest absolute Gasteiger partial charge is 0.240 e. The van der Waals surface area contributed by atoms with Crippen molar-refractivity contribution >= 4 is 16.7 Å². The number of carbonyl (C=O) groups is 1. The molecule has 2 atom stereocenters. The molecule has 3 nitrogen and oxygen atoms in total. The van der Waals surface area contributed by atoms with Gasteiger partial charge in [-0.25, -0.2) is 0 Å². The Bertz CT molecular complexity index is 654. The molecule has 3 rings (SSSR count). The van der Waals surface area contributed by atoms with Crippen LogP contribution in [0.3, 0.4) is 0 Å². The molecule has 1 heterocycles. The number of carbonyl (C=O) groups excluding carboxylic acids is 1. The summed E-state index contributed by atoms with van der Waals surface area (Å²) in [4.78, 5) is 12.5. The van der Waals surface area contributed by atoms with Gasteiger partial charge in [-0.1, -0.05) is 42.5 Å². The Labute approximate surface area is 125 Å². The quantitative estimate of drug-likeness (QED) is 0.908. The van der Waals surface area contributed by atoms with Crippen LogP contribution >= 0.6 is 0 Å². The minimum absolute atomic E-state index is 0.00262. The molecule has 0 aliphatic carbocycles. The van der Waals surface area contributed by atoms with E-state index in [2.05, 4.69) is 47.9 Å². The van der Waals surface area contributed by atoms with Gasteiger partial charge in [0, 0.05) is 0 Å². The molecule has 1 aliphatic heterocycles. The van der Waals surface area contributed by atoms with Gasteiger partial charge >= 0.3 is 0 Å². The highest BCUT2D eigenvalue weighted by Crippen LogP contribution is 2.25. The molecule has 0 bridgehead atoms. The lowest BCUT2D eigenvalue weighted by atomic mass is 9.96. The first-order chi connectivity index (χ1) is 10.1. The molecule has 2 N–H and O–H groups in total. The van der Waals surface area contributed by atoms with Crippen molar-refractivity contribution in [3.8, 4) is 0 Å². The summed E-state index contributed by atoms with van der Waals surface area (Å²) in [7, 11) is 0. The van der Waals surface area contributed by atoms with Gasteiger partial charge in [0.05, 0.1) is 11.6 Å². The largest absolute Gasteiger partial charge is 0.348 e. The SMILES string of the molecule is CC(NC(=O)[C@]1(C)CCCN1)c1cccc2ccccc12. The Morgan fingerprint density at radius 3 is 2.76 bits per heavy atom. The maximum atomic E-state index is 12.5. The lowest BCUT2D eigenvalue weighted by molar-refractivity contribution is -0.127. The molecule has 1 amide bonds. The van der Waals surface area contributed by atoms with Crippen molar-refractivity contribution in [3.63, 3.8) is 0 Å². The van der Waals surface area contributed by atoms with Gasteiger partial charge in [0.15, 0.2) is 0 Å². The molecule has 0 saturated carbocycles. The number of hydrogen-bond donors (Lipinski definition) is 2. The topological polar surface area (TPSA) is 41.1 Å². The summed E-state index contributed by atoms with van der Waals surface area (Å²) in [6.45, 7) is 4.97. The number of fused-ring (bicyclic) bond motifs is 1. The first-order valence-electron chi connectivity index (χ1n) is 7.64. The van der Waals surface area contributed by atoms with Crippen LogP contribution in [0, 0.1) is 0 Å². The summed E-state index contributed by atoms with van der Waals surface area (Å²) >= 11 is 0. The molecule has 3 heteroatoms. The van der Waals surface area contributed by atoms with Crippen LogP contribution in [0.4, 0.5) is 0 Å². The van der Waals surface area contributed by atoms with Crippen LogP contribution in [-0.2, 0) is 4.79 Å². The molecule has 0 aromatic heterocycles. The van der Waals surface area contributed by atoms with Crippen LogP contribution in [0.5, 0.6) is 0 Å². The van der Waals surface area contributed by atoms with E-state index in [4.69, 9.17) is 0 Å². The molecular weight excluding hydrogens is 260 g/mol. The molecule has 1 aliphatic rings. The molecule has 2 aromatic rings. The maximum absolute atomic E-state index is 12.5. The van der Waals surface area contributed by atoms with Crippen LogP contribution in [0.15, 0.2) is 42.5 Å². The predicted octanol–water partition coefficient (Wildman–Crippen LogP) is 3.16. The van der Waals surface area contributed by atoms with E-state index < -0.39 is 5.54 Å². The maximum Gasteiger partial charge on any atom is 0.240 e. The second kappa shape index (κ2) is 5.49. The van der Waals surface area contributed by atoms with Crippen LogP contribution in [0.2, 0.25) is 0 Å². The minimum atomic E-state index is -0.418. The Morgan fingerprint density at radius 1 is 1.24 bits per heavy atom. The molecule has 1 fully saturated rings. The van der Waals surface area contributed by atoms with Crippen molar-refractivity contribution in [1.29, 1.82) is 0 Å². The zero-order chi connectivity index (χ0) is 14.9. The van der Waals surface area contributed by atoms with E-state index in [0.29, 0.717) is 0 Å². The molecule has 1 saturated heterocycles. The third kappa shape index (κ3) is 2.66. The zero-order valence-electron chi connectivity index (χ0n) is 12.6. The van der Waals surface area contributed by atoms with Crippen LogP contribution in [0.1, 0.15) is 38.3 Å². The second-order valence-electron chi connectivity index (χ2n) is 6.13. The van der Waals surface area contributed by atoms with E-state index in [1.807, 2.05) is 19.1 Å². The lowest BCUT2D eigenvalue weighted by Crippen LogP contribution is -2.51. The predicted molar refractivity (Wildman–Crippen MR) is 86.1 cm³/mol. The van der Waals surface area contributed by atoms with Crippen LogP contribution in [0.25, 0.3) is 10.8 Å². The highest BCUT2D eigenvalue weighted by atomic mass is 16.2. The number of amides is 1. The average molecular weight is 282 g/mol. The standard InChI is InChI=1S/C18H22N2O/c1-13(20-17(21)18(2)11-6-12-19-18)15-10-5-8-14-7-3-4-9-16(14)15/h3-5,7-10,13,19H,6,11-12H2,1-2H3,(H,20,21)/t13?,18-/m0/s1. The fraction of sp³-hybridized carbons (Fsp3) is 0.389. The number of hydrogen-bond acceptors (Lipinski definition) is 2. The molecule has 110 valence electrons. The zero-order valence-corrected chi connectivity index (χ0v) is 12.6. The Balaban J connectivity index is 1.84. The van der Waals surface area contributed by atoms with Crippen molar-refractivity contribution in [2.24, 2.45) is 0 Å². The normalized spacial score (nSPS) is 23.1. The third-order valence-corrected chi connectivity index (χ3v) is 4.51. The lowest BCUT2D eigenvalue weighted by Gasteiger charge is -2.26. The van der Waals surface area contributed by atoms with Gasteiger partial charge in [-0.3, -0.25) is 4.79 Å². The fourth-order valence-electron chi connectivity index (χ4n) is 3.15. The van der Waals surface area contributed by atoms with Crippen molar-refractivity contribution in [3.05, 3.63) is 48.0 Å². The minimum Gasteiger partial charge on any atom is -0.348 e. The molecule has 21 heavy (non-hydrogen) atoms. The molecule has 0 radical (unpaired) electrons. The Kier molecular flexibility index (Phi) is 3.68. The van der Waals surface area contributed by atoms with Gasteiger partial charge in [-0.05, 0) is 49.6 Å². The highest BCUT2D eigenvalue weighted by molar-refractivity contribution is 5.89. The summed E-state index contributed by atoms with van der Waals surface area (Å²) in [5.74, 6) is 0.0976. The third-order valence-electron chi connectivity index (χ3n) is 4.51. The van der Waals surface area contributed by atoms with Crippen molar-refractivity contribution < 1.29 is 4.79 Å². The van der Waals surface area contributed by atoms with Gasteiger partial charge in [0.1, 0.15) is 0 Å². The fourth-order valence-corrected chi connectivity index (χ4v) is 3.15. The molecule has 1 unspecified atom stereocenters. The van der Waals surface area contributed by atoms with Crippen molar-refractivity contribution in [1.82, 2.24) is 10.6 Å². The number of rotatable bonds is 3. The van der Waals surface area contributed by atoms with Gasteiger partial charge in [0.2, 0.25) is 5.91 Å². The summed E-state index contributed by atoms with van der Waals surface area (Å²) in [5, 5.41) is 8.90. The van der Waals surface area contributed by atoms with E-state index in [1.165, 1.54) is 16.3 Å². The van der Waals surface area contributed by atoms with E-state index in [9.17, 15) is 4.79 Å². The van der Waals surface area contributed by atoms with Crippen LogP contribution in [-0.4, -0.2) is 18.0 Å². The van der Waals surface area contributed by atoms with Gasteiger partial charge in [-0.15, -0.1) is 0 Å². The van der Waals surface area contributed by atoms with Gasteiger partial charge in [0.25, 0.3) is 0 Å². The molecule has 0 spiro atoms. The van der Waals surface area contributed by atoms with E-state index in [0.717, 1.165) is 19.4 Å². The van der Waals surface area contributed by atoms with E-state index >= 15 is 0 Å². The monoisotopic (exact) mass is 282 g/mol. The first kappa shape index (κ1) is 14.1. The molecule has 2 aromatic carbocycles. The van der Waals surface area contributed by atoms with Crippen molar-refractivity contribution in [2.45, 2.75) is 38.3 Å². The van der Waals surface area contributed by atoms with Gasteiger partial charge in [-0.2, -0.15) is 0 Å². The average Bonchev–Trinajstić information content (AvgIpc) is 2.95. The number of benzene rings is 2. The second-order valence-corrected chi connectivity index (χ2v) is 6.13. The molecular formula is C18H22N2O. The first-order valence-corrected chi connectivity index (χ1v) is 7.64. The Morgan fingerprint density at radius 2 is 2.00 bits per heavy atom. The summed E-state index contributed by atoms with van der Waals surface area (Å²) in [5.41, 5.74) is 0.752. The van der Waals surface area contributed by atoms with E-state index in [-0.39, 0.29) is 11.9 Å². The van der Waals surface area contributed by atoms with Crippen molar-refractivity contribution in [2.75, 3.05) is 6.54 Å². The van der Waals surface area contributed by atoms with Crippen LogP contribution < -0.4 is 10.6 Å². The summed E-state index contributed by atoms with van der Waals surface area (Å²) in [6.07, 6.45) is 1.97. The summed E-state index contributed by atoms with van der Waals surface area (Å²) in [6, 6.07) is 14.6. The van der Waals surface area contributed by atoms with Gasteiger partial charge < -0.3 is 10.6 Å².